The van der Waals surface area contributed by atoms with Crippen molar-refractivity contribution in [1.82, 2.24) is 4.98 Å². The smallest absolute Gasteiger partial charge is 0.162 e. The molecule has 1 aliphatic heterocycles. The van der Waals surface area contributed by atoms with E-state index in [0.717, 1.165) is 11.3 Å². The van der Waals surface area contributed by atoms with Gasteiger partial charge in [-0.15, -0.1) is 0 Å². The van der Waals surface area contributed by atoms with E-state index in [1.165, 1.54) is 0 Å². The molecule has 0 atom stereocenters. The molecule has 0 unspecified atom stereocenters. The first kappa shape index (κ1) is 11.8. The molecule has 0 aliphatic carbocycles. The van der Waals surface area contributed by atoms with Crippen LogP contribution >= 0.6 is 11.6 Å². The van der Waals surface area contributed by atoms with Crippen LogP contribution in [-0.2, 0) is 0 Å². The maximum Gasteiger partial charge on any atom is 0.162 e. The number of pyridine rings is 1. The summed E-state index contributed by atoms with van der Waals surface area (Å²) in [6, 6.07) is 11.0. The maximum atomic E-state index is 8.83. The number of nitriles is 1. The van der Waals surface area contributed by atoms with Crippen LogP contribution in [-0.4, -0.2) is 18.2 Å². The van der Waals surface area contributed by atoms with Gasteiger partial charge in [0, 0.05) is 5.56 Å². The predicted octanol–water partition coefficient (Wildman–Crippen LogP) is 3.04. The van der Waals surface area contributed by atoms with Crippen LogP contribution in [0, 0.1) is 11.3 Å². The summed E-state index contributed by atoms with van der Waals surface area (Å²) in [7, 11) is 0. The minimum atomic E-state index is 0.204. The highest BCUT2D eigenvalue weighted by molar-refractivity contribution is 6.30. The van der Waals surface area contributed by atoms with Crippen LogP contribution in [0.1, 0.15) is 5.56 Å². The summed E-state index contributed by atoms with van der Waals surface area (Å²) in [5, 5.41) is 9.03. The highest BCUT2D eigenvalue weighted by Crippen LogP contribution is 2.34. The molecule has 4 nitrogen and oxygen atoms in total. The molecule has 19 heavy (non-hydrogen) atoms. The van der Waals surface area contributed by atoms with Gasteiger partial charge in [0.2, 0.25) is 0 Å². The average Bonchev–Trinajstić information content (AvgIpc) is 2.46. The molecule has 0 bridgehead atoms. The number of fused-ring (bicyclic) bond motifs is 1. The van der Waals surface area contributed by atoms with Crippen molar-refractivity contribution in [3.05, 3.63) is 41.0 Å². The van der Waals surface area contributed by atoms with E-state index in [2.05, 4.69) is 4.98 Å². The van der Waals surface area contributed by atoms with Gasteiger partial charge in [-0.1, -0.05) is 11.6 Å². The zero-order chi connectivity index (χ0) is 13.2. The zero-order valence-electron chi connectivity index (χ0n) is 9.89. The van der Waals surface area contributed by atoms with Gasteiger partial charge in [-0.25, -0.2) is 4.98 Å². The lowest BCUT2D eigenvalue weighted by Crippen LogP contribution is -2.15. The van der Waals surface area contributed by atoms with Gasteiger partial charge in [0.25, 0.3) is 0 Å². The Kier molecular flexibility index (Phi) is 2.98. The first-order valence-electron chi connectivity index (χ1n) is 5.74. The summed E-state index contributed by atoms with van der Waals surface area (Å²) in [6.07, 6.45) is 0. The summed E-state index contributed by atoms with van der Waals surface area (Å²) in [5.41, 5.74) is 1.93. The van der Waals surface area contributed by atoms with Gasteiger partial charge in [0.05, 0.1) is 11.3 Å². The van der Waals surface area contributed by atoms with Crippen LogP contribution in [0.3, 0.4) is 0 Å². The molecule has 0 radical (unpaired) electrons. The van der Waals surface area contributed by atoms with Gasteiger partial charge in [-0.05, 0) is 30.3 Å². The summed E-state index contributed by atoms with van der Waals surface area (Å²) < 4.78 is 11.0. The molecule has 1 aromatic heterocycles. The second kappa shape index (κ2) is 4.79. The van der Waals surface area contributed by atoms with Crippen molar-refractivity contribution in [1.29, 1.82) is 5.26 Å². The van der Waals surface area contributed by atoms with Crippen LogP contribution in [0.5, 0.6) is 11.5 Å². The van der Waals surface area contributed by atoms with Crippen LogP contribution in [0.15, 0.2) is 30.3 Å². The lowest BCUT2D eigenvalue weighted by molar-refractivity contribution is 0.171. The highest BCUT2D eigenvalue weighted by Gasteiger charge is 2.13. The van der Waals surface area contributed by atoms with Crippen molar-refractivity contribution in [3.8, 4) is 28.8 Å². The molecule has 0 saturated carbocycles. The minimum absolute atomic E-state index is 0.204. The quantitative estimate of drug-likeness (QED) is 0.749. The predicted molar refractivity (Wildman–Crippen MR) is 70.4 cm³/mol. The van der Waals surface area contributed by atoms with E-state index in [4.69, 9.17) is 26.3 Å². The lowest BCUT2D eigenvalue weighted by atomic mass is 10.1. The number of rotatable bonds is 1. The van der Waals surface area contributed by atoms with E-state index in [9.17, 15) is 0 Å². The first-order valence-corrected chi connectivity index (χ1v) is 6.12. The Morgan fingerprint density at radius 3 is 2.63 bits per heavy atom. The first-order chi connectivity index (χ1) is 9.28. The molecule has 0 saturated heterocycles. The van der Waals surface area contributed by atoms with Gasteiger partial charge >= 0.3 is 0 Å². The second-order valence-electron chi connectivity index (χ2n) is 4.01. The molecule has 0 amide bonds. The normalized spacial score (nSPS) is 12.8. The van der Waals surface area contributed by atoms with E-state index in [-0.39, 0.29) is 5.15 Å². The van der Waals surface area contributed by atoms with Crippen molar-refractivity contribution >= 4 is 11.6 Å². The summed E-state index contributed by atoms with van der Waals surface area (Å²) in [6.45, 7) is 1.10. The van der Waals surface area contributed by atoms with Crippen LogP contribution in [0.25, 0.3) is 11.3 Å². The Morgan fingerprint density at radius 1 is 1.11 bits per heavy atom. The SMILES string of the molecule is N#Cc1ccc(-c2ccc3c(c2)OCCO3)nc1Cl. The van der Waals surface area contributed by atoms with E-state index in [1.807, 2.05) is 24.3 Å². The lowest BCUT2D eigenvalue weighted by Gasteiger charge is -2.18. The Hall–Kier alpha value is -2.25. The molecule has 3 rings (SSSR count). The molecule has 0 N–H and O–H groups in total. The van der Waals surface area contributed by atoms with Crippen molar-refractivity contribution in [2.24, 2.45) is 0 Å². The molecule has 94 valence electrons. The van der Waals surface area contributed by atoms with E-state index in [0.29, 0.717) is 30.2 Å². The summed E-state index contributed by atoms with van der Waals surface area (Å²) in [4.78, 5) is 4.21. The van der Waals surface area contributed by atoms with Gasteiger partial charge < -0.3 is 9.47 Å². The fourth-order valence-electron chi connectivity index (χ4n) is 1.88. The van der Waals surface area contributed by atoms with Gasteiger partial charge in [0.1, 0.15) is 24.4 Å². The van der Waals surface area contributed by atoms with Crippen molar-refractivity contribution < 1.29 is 9.47 Å². The molecule has 0 spiro atoms. The molecule has 2 heterocycles. The molecule has 0 fully saturated rings. The van der Waals surface area contributed by atoms with Crippen LogP contribution in [0.4, 0.5) is 0 Å². The number of halogens is 1. The molecule has 1 aromatic carbocycles. The van der Waals surface area contributed by atoms with Crippen LogP contribution in [0.2, 0.25) is 5.15 Å². The van der Waals surface area contributed by atoms with Crippen molar-refractivity contribution in [2.75, 3.05) is 13.2 Å². The molecule has 1 aliphatic rings. The molecule has 2 aromatic rings. The van der Waals surface area contributed by atoms with Gasteiger partial charge in [-0.2, -0.15) is 5.26 Å². The number of nitrogens with zero attached hydrogens (tertiary/aromatic N) is 2. The van der Waals surface area contributed by atoms with Gasteiger partial charge in [-0.3, -0.25) is 0 Å². The molecule has 5 heteroatoms. The van der Waals surface area contributed by atoms with E-state index >= 15 is 0 Å². The second-order valence-corrected chi connectivity index (χ2v) is 4.36. The summed E-state index contributed by atoms with van der Waals surface area (Å²) >= 11 is 5.93. The standard InChI is InChI=1S/C14H9ClN2O2/c15-14-10(8-16)1-3-11(17-14)9-2-4-12-13(7-9)19-6-5-18-12/h1-4,7H,5-6H2. The number of hydrogen-bond donors (Lipinski definition) is 0. The highest BCUT2D eigenvalue weighted by atomic mass is 35.5. The van der Waals surface area contributed by atoms with Crippen LogP contribution < -0.4 is 9.47 Å². The third-order valence-electron chi connectivity index (χ3n) is 2.81. The van der Waals surface area contributed by atoms with E-state index < -0.39 is 0 Å². The Balaban J connectivity index is 2.03. The average molecular weight is 273 g/mol. The number of benzene rings is 1. The zero-order valence-corrected chi connectivity index (χ0v) is 10.6. The molecular formula is C14H9ClN2O2. The fourth-order valence-corrected chi connectivity index (χ4v) is 2.08. The monoisotopic (exact) mass is 272 g/mol. The van der Waals surface area contributed by atoms with Crippen molar-refractivity contribution in [2.45, 2.75) is 0 Å². The Bertz CT molecular complexity index is 680. The fraction of sp³-hybridized carbons (Fsp3) is 0.143. The van der Waals surface area contributed by atoms with E-state index in [1.54, 1.807) is 12.1 Å². The largest absolute Gasteiger partial charge is 0.486 e. The third kappa shape index (κ3) is 2.20. The number of aromatic nitrogens is 1. The summed E-state index contributed by atoms with van der Waals surface area (Å²) in [5.74, 6) is 1.43. The Morgan fingerprint density at radius 2 is 1.89 bits per heavy atom. The topological polar surface area (TPSA) is 55.1 Å². The number of ether oxygens (including phenoxy) is 2. The minimum Gasteiger partial charge on any atom is -0.486 e. The third-order valence-corrected chi connectivity index (χ3v) is 3.10. The molecular weight excluding hydrogens is 264 g/mol. The maximum absolute atomic E-state index is 8.83. The Labute approximate surface area is 115 Å². The van der Waals surface area contributed by atoms with Gasteiger partial charge in [0.15, 0.2) is 11.5 Å². The van der Waals surface area contributed by atoms with Crippen molar-refractivity contribution in [3.63, 3.8) is 0 Å². The number of hydrogen-bond acceptors (Lipinski definition) is 4.